The molecule has 102 valence electrons. The zero-order valence-electron chi connectivity index (χ0n) is 11.6. The number of hydrogen-bond donors (Lipinski definition) is 1. The minimum atomic E-state index is 0.529. The molecule has 0 atom stereocenters. The minimum Gasteiger partial charge on any atom is -0.356 e. The van der Waals surface area contributed by atoms with Crippen LogP contribution in [0.5, 0.6) is 0 Å². The number of rotatable bonds is 7. The van der Waals surface area contributed by atoms with E-state index in [1.165, 1.54) is 12.8 Å². The molecule has 1 aromatic heterocycles. The van der Waals surface area contributed by atoms with Gasteiger partial charge in [-0.3, -0.25) is 0 Å². The molecule has 0 radical (unpaired) electrons. The van der Waals surface area contributed by atoms with Crippen LogP contribution in [0.4, 0.5) is 5.82 Å². The van der Waals surface area contributed by atoms with E-state index in [9.17, 15) is 0 Å². The summed E-state index contributed by atoms with van der Waals surface area (Å²) < 4.78 is 0.991. The summed E-state index contributed by atoms with van der Waals surface area (Å²) in [7, 11) is 0. The average Bonchev–Trinajstić information content (AvgIpc) is 2.41. The van der Waals surface area contributed by atoms with Gasteiger partial charge in [0, 0.05) is 35.9 Å². The molecule has 0 aliphatic carbocycles. The number of nitrogens with two attached hydrogens (primary N) is 1. The molecule has 1 heterocycles. The van der Waals surface area contributed by atoms with Gasteiger partial charge in [-0.1, -0.05) is 26.7 Å². The highest BCUT2D eigenvalue weighted by molar-refractivity contribution is 9.10. The molecule has 18 heavy (non-hydrogen) atoms. The van der Waals surface area contributed by atoms with Crippen molar-refractivity contribution in [3.05, 3.63) is 22.3 Å². The lowest BCUT2D eigenvalue weighted by Gasteiger charge is -2.28. The minimum absolute atomic E-state index is 0.529. The van der Waals surface area contributed by atoms with E-state index in [0.717, 1.165) is 34.9 Å². The van der Waals surface area contributed by atoms with Crippen LogP contribution in [0.15, 0.2) is 16.7 Å². The molecule has 0 spiro atoms. The van der Waals surface area contributed by atoms with Gasteiger partial charge in [-0.2, -0.15) is 0 Å². The van der Waals surface area contributed by atoms with Crippen molar-refractivity contribution in [2.75, 3.05) is 18.0 Å². The van der Waals surface area contributed by atoms with Crippen molar-refractivity contribution in [2.45, 2.75) is 40.2 Å². The van der Waals surface area contributed by atoms with E-state index in [2.05, 4.69) is 52.7 Å². The van der Waals surface area contributed by atoms with Gasteiger partial charge >= 0.3 is 0 Å². The fraction of sp³-hybridized carbons (Fsp3) is 0.643. The van der Waals surface area contributed by atoms with Gasteiger partial charge in [0.2, 0.25) is 0 Å². The van der Waals surface area contributed by atoms with Crippen LogP contribution >= 0.6 is 15.9 Å². The van der Waals surface area contributed by atoms with Crippen LogP contribution in [-0.4, -0.2) is 18.1 Å². The third-order valence-electron chi connectivity index (χ3n) is 3.44. The van der Waals surface area contributed by atoms with E-state index in [1.54, 1.807) is 0 Å². The Morgan fingerprint density at radius 2 is 2.00 bits per heavy atom. The first-order valence-electron chi connectivity index (χ1n) is 6.75. The Labute approximate surface area is 119 Å². The maximum Gasteiger partial charge on any atom is 0.133 e. The highest BCUT2D eigenvalue weighted by Crippen LogP contribution is 2.23. The molecular weight excluding hydrogens is 290 g/mol. The second-order valence-electron chi connectivity index (χ2n) is 4.56. The predicted octanol–water partition coefficient (Wildman–Crippen LogP) is 3.57. The molecule has 2 N–H and O–H groups in total. The molecule has 0 amide bonds. The van der Waals surface area contributed by atoms with Gasteiger partial charge in [-0.15, -0.1) is 0 Å². The lowest BCUT2D eigenvalue weighted by Crippen LogP contribution is -2.31. The van der Waals surface area contributed by atoms with E-state index in [4.69, 9.17) is 5.73 Å². The summed E-state index contributed by atoms with van der Waals surface area (Å²) in [6.07, 6.45) is 4.27. The lowest BCUT2D eigenvalue weighted by atomic mass is 10.0. The fourth-order valence-corrected chi connectivity index (χ4v) is 2.51. The molecule has 4 heteroatoms. The number of pyridine rings is 1. The van der Waals surface area contributed by atoms with Gasteiger partial charge in [0.25, 0.3) is 0 Å². The Bertz CT molecular complexity index is 364. The van der Waals surface area contributed by atoms with E-state index in [-0.39, 0.29) is 0 Å². The zero-order chi connectivity index (χ0) is 13.5. The first kappa shape index (κ1) is 15.4. The van der Waals surface area contributed by atoms with Crippen LogP contribution < -0.4 is 10.6 Å². The second-order valence-corrected chi connectivity index (χ2v) is 5.48. The average molecular weight is 314 g/mol. The third kappa shape index (κ3) is 3.95. The largest absolute Gasteiger partial charge is 0.356 e. The molecule has 0 unspecified atom stereocenters. The topological polar surface area (TPSA) is 42.2 Å². The molecule has 0 aliphatic rings. The normalized spacial score (nSPS) is 11.0. The van der Waals surface area contributed by atoms with Crippen LogP contribution in [-0.2, 0) is 6.54 Å². The van der Waals surface area contributed by atoms with Gasteiger partial charge in [0.1, 0.15) is 5.82 Å². The third-order valence-corrected chi connectivity index (χ3v) is 3.88. The maximum atomic E-state index is 5.82. The fourth-order valence-electron chi connectivity index (χ4n) is 2.13. The van der Waals surface area contributed by atoms with E-state index < -0.39 is 0 Å². The first-order chi connectivity index (χ1) is 8.65. The van der Waals surface area contributed by atoms with Gasteiger partial charge in [-0.05, 0) is 34.8 Å². The van der Waals surface area contributed by atoms with Crippen molar-refractivity contribution >= 4 is 21.7 Å². The van der Waals surface area contributed by atoms with Crippen molar-refractivity contribution in [3.8, 4) is 0 Å². The molecular formula is C14H24BrN3. The molecule has 1 aromatic rings. The summed E-state index contributed by atoms with van der Waals surface area (Å²) >= 11 is 3.45. The summed E-state index contributed by atoms with van der Waals surface area (Å²) in [5.41, 5.74) is 6.93. The predicted molar refractivity (Wildman–Crippen MR) is 81.8 cm³/mol. The van der Waals surface area contributed by atoms with Crippen LogP contribution in [0.25, 0.3) is 0 Å². The molecule has 3 nitrogen and oxygen atoms in total. The van der Waals surface area contributed by atoms with Gasteiger partial charge < -0.3 is 10.6 Å². The van der Waals surface area contributed by atoms with Crippen LogP contribution in [0.1, 0.15) is 39.2 Å². The van der Waals surface area contributed by atoms with Crippen molar-refractivity contribution in [2.24, 2.45) is 11.7 Å². The Balaban J connectivity index is 2.93. The van der Waals surface area contributed by atoms with Crippen molar-refractivity contribution in [1.29, 1.82) is 0 Å². The number of aromatic nitrogens is 1. The Morgan fingerprint density at radius 1 is 1.33 bits per heavy atom. The SMILES string of the molecule is CCC(CC)CN(CC)c1ncc(Br)cc1CN. The van der Waals surface area contributed by atoms with Gasteiger partial charge in [0.05, 0.1) is 0 Å². The van der Waals surface area contributed by atoms with Crippen molar-refractivity contribution in [1.82, 2.24) is 4.98 Å². The van der Waals surface area contributed by atoms with E-state index >= 15 is 0 Å². The number of hydrogen-bond acceptors (Lipinski definition) is 3. The molecule has 0 bridgehead atoms. The Morgan fingerprint density at radius 3 is 2.50 bits per heavy atom. The van der Waals surface area contributed by atoms with Crippen LogP contribution in [0.2, 0.25) is 0 Å². The number of anilines is 1. The highest BCUT2D eigenvalue weighted by Gasteiger charge is 2.14. The summed E-state index contributed by atoms with van der Waals surface area (Å²) in [6.45, 7) is 9.23. The molecule has 0 saturated carbocycles. The summed E-state index contributed by atoms with van der Waals surface area (Å²) in [4.78, 5) is 6.88. The summed E-state index contributed by atoms with van der Waals surface area (Å²) in [5.74, 6) is 1.76. The van der Waals surface area contributed by atoms with Gasteiger partial charge in [0.15, 0.2) is 0 Å². The maximum absolute atomic E-state index is 5.82. The monoisotopic (exact) mass is 313 g/mol. The molecule has 0 saturated heterocycles. The van der Waals surface area contributed by atoms with Crippen LogP contribution in [0.3, 0.4) is 0 Å². The van der Waals surface area contributed by atoms with E-state index in [1.807, 2.05) is 6.20 Å². The lowest BCUT2D eigenvalue weighted by molar-refractivity contribution is 0.484. The first-order valence-corrected chi connectivity index (χ1v) is 7.54. The zero-order valence-corrected chi connectivity index (χ0v) is 13.2. The quantitative estimate of drug-likeness (QED) is 0.836. The molecule has 1 rings (SSSR count). The van der Waals surface area contributed by atoms with Gasteiger partial charge in [-0.25, -0.2) is 4.98 Å². The smallest absolute Gasteiger partial charge is 0.133 e. The van der Waals surface area contributed by atoms with Crippen LogP contribution in [0, 0.1) is 5.92 Å². The van der Waals surface area contributed by atoms with Crippen molar-refractivity contribution < 1.29 is 0 Å². The molecule has 0 aliphatic heterocycles. The highest BCUT2D eigenvalue weighted by atomic mass is 79.9. The number of halogens is 1. The summed E-state index contributed by atoms with van der Waals surface area (Å²) in [5, 5.41) is 0. The molecule has 0 fully saturated rings. The standard InChI is InChI=1S/C14H24BrN3/c1-4-11(5-2)10-18(6-3)14-12(8-16)7-13(15)9-17-14/h7,9,11H,4-6,8,10,16H2,1-3H3. The summed E-state index contributed by atoms with van der Waals surface area (Å²) in [6, 6.07) is 2.07. The number of nitrogens with zero attached hydrogens (tertiary/aromatic N) is 2. The van der Waals surface area contributed by atoms with E-state index in [0.29, 0.717) is 6.54 Å². The van der Waals surface area contributed by atoms with Crippen molar-refractivity contribution in [3.63, 3.8) is 0 Å². The Kier molecular flexibility index (Phi) is 6.65. The molecule has 0 aromatic carbocycles. The second kappa shape index (κ2) is 7.74. The Hall–Kier alpha value is -0.610.